The Morgan fingerprint density at radius 2 is 2.17 bits per heavy atom. The van der Waals surface area contributed by atoms with E-state index in [0.717, 1.165) is 26.1 Å². The number of aliphatic hydroxyl groups is 1. The molecule has 0 amide bonds. The highest BCUT2D eigenvalue weighted by Gasteiger charge is 2.39. The van der Waals surface area contributed by atoms with Gasteiger partial charge < -0.3 is 19.9 Å². The number of nitrogens with one attached hydrogen (secondary N) is 1. The first kappa shape index (κ1) is 15.9. The van der Waals surface area contributed by atoms with Crippen molar-refractivity contribution in [2.45, 2.75) is 38.0 Å². The number of nitrogens with zero attached hydrogens (tertiary/aromatic N) is 1. The van der Waals surface area contributed by atoms with Crippen LogP contribution in [0, 0.1) is 0 Å². The molecule has 1 saturated heterocycles. The van der Waals surface area contributed by atoms with E-state index >= 15 is 0 Å². The zero-order valence-electron chi connectivity index (χ0n) is 12.1. The third-order valence-electron chi connectivity index (χ3n) is 3.79. The van der Waals surface area contributed by atoms with Gasteiger partial charge >= 0.3 is 0 Å². The summed E-state index contributed by atoms with van der Waals surface area (Å²) in [5, 5.41) is 13.9. The third kappa shape index (κ3) is 4.17. The Kier molecular flexibility index (Phi) is 6.52. The van der Waals surface area contributed by atoms with Crippen molar-refractivity contribution in [1.29, 1.82) is 0 Å². The minimum absolute atomic E-state index is 0.103. The van der Waals surface area contributed by atoms with Gasteiger partial charge in [-0.05, 0) is 26.8 Å². The lowest BCUT2D eigenvalue weighted by molar-refractivity contribution is -0.0770. The van der Waals surface area contributed by atoms with Crippen LogP contribution in [0.15, 0.2) is 0 Å². The van der Waals surface area contributed by atoms with E-state index in [1.807, 2.05) is 6.92 Å². The Morgan fingerprint density at radius 3 is 2.72 bits per heavy atom. The van der Waals surface area contributed by atoms with Crippen LogP contribution in [-0.4, -0.2) is 74.8 Å². The predicted octanol–water partition coefficient (Wildman–Crippen LogP) is 0.0826. The van der Waals surface area contributed by atoms with E-state index in [1.54, 1.807) is 14.2 Å². The van der Waals surface area contributed by atoms with Crippen LogP contribution in [0.5, 0.6) is 0 Å². The standard InChI is InChI=1S/C13H28N2O3/c1-11(10-18-4)15(7-8-17-3)12-9-14-6-5-13(12,2)16/h11-12,14,16H,5-10H2,1-4H3. The van der Waals surface area contributed by atoms with Gasteiger partial charge in [-0.1, -0.05) is 0 Å². The fraction of sp³-hybridized carbons (Fsp3) is 1.00. The second-order valence-corrected chi connectivity index (χ2v) is 5.36. The van der Waals surface area contributed by atoms with Crippen molar-refractivity contribution < 1.29 is 14.6 Å². The van der Waals surface area contributed by atoms with E-state index in [0.29, 0.717) is 13.2 Å². The van der Waals surface area contributed by atoms with Crippen molar-refractivity contribution in [3.8, 4) is 0 Å². The number of hydrogen-bond donors (Lipinski definition) is 2. The van der Waals surface area contributed by atoms with Gasteiger partial charge in [-0.25, -0.2) is 0 Å². The lowest BCUT2D eigenvalue weighted by atomic mass is 9.87. The maximum absolute atomic E-state index is 10.6. The van der Waals surface area contributed by atoms with Gasteiger partial charge in [0, 0.05) is 33.4 Å². The van der Waals surface area contributed by atoms with Gasteiger partial charge in [-0.3, -0.25) is 4.90 Å². The SMILES string of the molecule is COCCN(C(C)COC)C1CNCCC1(C)O. The summed E-state index contributed by atoms with van der Waals surface area (Å²) in [5.74, 6) is 0. The summed E-state index contributed by atoms with van der Waals surface area (Å²) in [6.45, 7) is 7.88. The Hall–Kier alpha value is -0.200. The molecule has 0 radical (unpaired) electrons. The van der Waals surface area contributed by atoms with E-state index in [-0.39, 0.29) is 12.1 Å². The topological polar surface area (TPSA) is 54.0 Å². The van der Waals surface area contributed by atoms with Gasteiger partial charge in [0.1, 0.15) is 0 Å². The Balaban J connectivity index is 2.72. The summed E-state index contributed by atoms with van der Waals surface area (Å²) in [5.41, 5.74) is -0.652. The molecule has 0 aromatic rings. The lowest BCUT2D eigenvalue weighted by Crippen LogP contribution is -2.63. The molecule has 0 bridgehead atoms. The molecule has 0 spiro atoms. The van der Waals surface area contributed by atoms with Crippen molar-refractivity contribution in [3.05, 3.63) is 0 Å². The number of hydrogen-bond acceptors (Lipinski definition) is 5. The smallest absolute Gasteiger partial charge is 0.0798 e. The monoisotopic (exact) mass is 260 g/mol. The van der Waals surface area contributed by atoms with Crippen molar-refractivity contribution in [1.82, 2.24) is 10.2 Å². The molecule has 1 rings (SSSR count). The normalized spacial score (nSPS) is 30.7. The summed E-state index contributed by atoms with van der Waals surface area (Å²) >= 11 is 0. The highest BCUT2D eigenvalue weighted by molar-refractivity contribution is 4.96. The molecular weight excluding hydrogens is 232 g/mol. The van der Waals surface area contributed by atoms with Crippen molar-refractivity contribution in [2.75, 3.05) is 47.1 Å². The average molecular weight is 260 g/mol. The molecule has 0 aliphatic carbocycles. The van der Waals surface area contributed by atoms with E-state index in [4.69, 9.17) is 9.47 Å². The van der Waals surface area contributed by atoms with E-state index in [2.05, 4.69) is 17.1 Å². The molecule has 5 heteroatoms. The number of ether oxygens (including phenoxy) is 2. The summed E-state index contributed by atoms with van der Waals surface area (Å²) in [6.07, 6.45) is 0.779. The van der Waals surface area contributed by atoms with Gasteiger partial charge in [0.05, 0.1) is 24.9 Å². The van der Waals surface area contributed by atoms with E-state index < -0.39 is 5.60 Å². The molecule has 0 aromatic heterocycles. The second-order valence-electron chi connectivity index (χ2n) is 5.36. The maximum atomic E-state index is 10.6. The summed E-state index contributed by atoms with van der Waals surface area (Å²) in [6, 6.07) is 0.369. The quantitative estimate of drug-likeness (QED) is 0.679. The largest absolute Gasteiger partial charge is 0.388 e. The minimum Gasteiger partial charge on any atom is -0.388 e. The van der Waals surface area contributed by atoms with E-state index in [9.17, 15) is 5.11 Å². The van der Waals surface area contributed by atoms with Gasteiger partial charge in [0.15, 0.2) is 0 Å². The van der Waals surface area contributed by atoms with Crippen LogP contribution in [0.1, 0.15) is 20.3 Å². The number of rotatable bonds is 7. The number of piperidine rings is 1. The molecule has 2 N–H and O–H groups in total. The van der Waals surface area contributed by atoms with E-state index in [1.165, 1.54) is 0 Å². The first-order chi connectivity index (χ1) is 8.53. The van der Waals surface area contributed by atoms with Gasteiger partial charge in [0.25, 0.3) is 0 Å². The molecular formula is C13H28N2O3. The maximum Gasteiger partial charge on any atom is 0.0798 e. The fourth-order valence-electron chi connectivity index (χ4n) is 2.66. The molecule has 1 heterocycles. The molecule has 3 atom stereocenters. The van der Waals surface area contributed by atoms with Gasteiger partial charge in [-0.15, -0.1) is 0 Å². The zero-order chi connectivity index (χ0) is 13.6. The Morgan fingerprint density at radius 1 is 1.44 bits per heavy atom. The molecule has 3 unspecified atom stereocenters. The van der Waals surface area contributed by atoms with Crippen LogP contribution >= 0.6 is 0 Å². The minimum atomic E-state index is -0.652. The fourth-order valence-corrected chi connectivity index (χ4v) is 2.66. The Labute approximate surface area is 110 Å². The third-order valence-corrected chi connectivity index (χ3v) is 3.79. The molecule has 1 aliphatic heterocycles. The highest BCUT2D eigenvalue weighted by atomic mass is 16.5. The van der Waals surface area contributed by atoms with Crippen LogP contribution < -0.4 is 5.32 Å². The average Bonchev–Trinajstić information content (AvgIpc) is 2.31. The summed E-state index contributed by atoms with van der Waals surface area (Å²) < 4.78 is 10.4. The zero-order valence-corrected chi connectivity index (χ0v) is 12.1. The van der Waals surface area contributed by atoms with Crippen LogP contribution in [0.4, 0.5) is 0 Å². The van der Waals surface area contributed by atoms with Crippen LogP contribution in [0.2, 0.25) is 0 Å². The van der Waals surface area contributed by atoms with Gasteiger partial charge in [-0.2, -0.15) is 0 Å². The number of methoxy groups -OCH3 is 2. The van der Waals surface area contributed by atoms with Crippen LogP contribution in [-0.2, 0) is 9.47 Å². The summed E-state index contributed by atoms with van der Waals surface area (Å²) in [4.78, 5) is 2.29. The molecule has 1 fully saturated rings. The van der Waals surface area contributed by atoms with Gasteiger partial charge in [0.2, 0.25) is 0 Å². The highest BCUT2D eigenvalue weighted by Crippen LogP contribution is 2.24. The molecule has 0 saturated carbocycles. The van der Waals surface area contributed by atoms with Crippen molar-refractivity contribution >= 4 is 0 Å². The van der Waals surface area contributed by atoms with Crippen molar-refractivity contribution in [3.63, 3.8) is 0 Å². The first-order valence-electron chi connectivity index (χ1n) is 6.69. The molecule has 18 heavy (non-hydrogen) atoms. The second kappa shape index (κ2) is 7.40. The molecule has 5 nitrogen and oxygen atoms in total. The van der Waals surface area contributed by atoms with Crippen LogP contribution in [0.3, 0.4) is 0 Å². The molecule has 108 valence electrons. The predicted molar refractivity (Wildman–Crippen MR) is 71.8 cm³/mol. The lowest BCUT2D eigenvalue weighted by Gasteiger charge is -2.46. The first-order valence-corrected chi connectivity index (χ1v) is 6.69. The van der Waals surface area contributed by atoms with Crippen molar-refractivity contribution in [2.24, 2.45) is 0 Å². The Bertz CT molecular complexity index is 236. The summed E-state index contributed by atoms with van der Waals surface area (Å²) in [7, 11) is 3.42. The van der Waals surface area contributed by atoms with Crippen LogP contribution in [0.25, 0.3) is 0 Å². The molecule has 1 aliphatic rings. The molecule has 0 aromatic carbocycles.